The van der Waals surface area contributed by atoms with Crippen LogP contribution >= 0.6 is 0 Å². The van der Waals surface area contributed by atoms with Gasteiger partial charge in [0.1, 0.15) is 0 Å². The SMILES string of the molecule is OC1CC23CC4[O][Bi]56([O]C(O)CC(CC7[O][Bi]([O]1)([O]7)([O]C2O)[O]3)([O]5)C(O)[O]6)[O]4. The summed E-state index contributed by atoms with van der Waals surface area (Å²) in [7, 11) is 0. The fourth-order valence-corrected chi connectivity index (χ4v) is 29.6. The van der Waals surface area contributed by atoms with Crippen LogP contribution in [-0.4, -0.2) is 111 Å². The molecule has 0 aromatic carbocycles. The predicted molar refractivity (Wildman–Crippen MR) is 77.9 cm³/mol. The molecule has 2 spiro atoms. The monoisotopic (exact) mass is 804 g/mol. The van der Waals surface area contributed by atoms with Crippen molar-refractivity contribution in [2.75, 3.05) is 0 Å². The summed E-state index contributed by atoms with van der Waals surface area (Å²) in [5, 5.41) is 41.6. The molecule has 10 heterocycles. The maximum atomic E-state index is 10.6. The van der Waals surface area contributed by atoms with Crippen LogP contribution in [0.1, 0.15) is 25.7 Å². The third-order valence-electron chi connectivity index (χ3n) is 5.92. The van der Waals surface area contributed by atoms with E-state index in [1.165, 1.54) is 0 Å². The molecule has 28 heavy (non-hydrogen) atoms. The van der Waals surface area contributed by atoms with E-state index in [0.29, 0.717) is 0 Å². The van der Waals surface area contributed by atoms with Gasteiger partial charge in [0.2, 0.25) is 0 Å². The van der Waals surface area contributed by atoms with Crippen LogP contribution < -0.4 is 0 Å². The van der Waals surface area contributed by atoms with Gasteiger partial charge < -0.3 is 0 Å². The molecule has 0 radical (unpaired) electrons. The standard InChI is InChI=1S/2C6H9O7.2Bi/c2*7-3(8)1-6(13,5(11)12)2-4(9)10;;/h2*3-5,7,11H,1-2H2;;/q2*-5;2*+5. The summed E-state index contributed by atoms with van der Waals surface area (Å²) in [6.07, 6.45) is -8.29. The molecule has 6 unspecified atom stereocenters. The Morgan fingerprint density at radius 2 is 0.929 bits per heavy atom. The van der Waals surface area contributed by atoms with Gasteiger partial charge in [-0.05, 0) is 0 Å². The fourth-order valence-electron chi connectivity index (χ4n) is 4.90. The van der Waals surface area contributed by atoms with E-state index in [9.17, 15) is 20.4 Å². The van der Waals surface area contributed by atoms with E-state index in [2.05, 4.69) is 0 Å². The zero-order valence-corrected chi connectivity index (χ0v) is 21.0. The van der Waals surface area contributed by atoms with Crippen LogP contribution in [0.3, 0.4) is 0 Å². The summed E-state index contributed by atoms with van der Waals surface area (Å²) in [5.74, 6) is 0. The molecule has 0 aromatic rings. The maximum absolute atomic E-state index is 10.6. The van der Waals surface area contributed by atoms with E-state index >= 15 is 0 Å². The van der Waals surface area contributed by atoms with Crippen molar-refractivity contribution in [3.05, 3.63) is 0 Å². The van der Waals surface area contributed by atoms with E-state index in [1.807, 2.05) is 0 Å². The van der Waals surface area contributed by atoms with Gasteiger partial charge in [0.15, 0.2) is 0 Å². The Morgan fingerprint density at radius 1 is 0.536 bits per heavy atom. The summed E-state index contributed by atoms with van der Waals surface area (Å²) in [6.45, 7) is 0. The van der Waals surface area contributed by atoms with E-state index < -0.39 is 90.9 Å². The first-order valence-corrected chi connectivity index (χ1v) is 23.0. The van der Waals surface area contributed by atoms with Crippen LogP contribution in [-0.2, 0) is 28.1 Å². The summed E-state index contributed by atoms with van der Waals surface area (Å²) in [6, 6.07) is 0. The Morgan fingerprint density at radius 3 is 1.32 bits per heavy atom. The Labute approximate surface area is 164 Å². The molecule has 16 heteroatoms. The van der Waals surface area contributed by atoms with Crippen LogP contribution in [0.4, 0.5) is 0 Å². The van der Waals surface area contributed by atoms with Crippen LogP contribution in [0.15, 0.2) is 0 Å². The second kappa shape index (κ2) is 4.91. The van der Waals surface area contributed by atoms with E-state index in [4.69, 9.17) is 28.1 Å². The molecule has 160 valence electrons. The number of hydrogen-bond acceptors (Lipinski definition) is 14. The van der Waals surface area contributed by atoms with Crippen molar-refractivity contribution < 1.29 is 48.6 Å². The van der Waals surface area contributed by atoms with Crippen molar-refractivity contribution in [1.29, 1.82) is 0 Å². The molecule has 14 nitrogen and oxygen atoms in total. The first-order valence-electron chi connectivity index (χ1n) is 8.78. The second-order valence-corrected chi connectivity index (χ2v) is 27.5. The normalized spacial score (nSPS) is 63.6. The van der Waals surface area contributed by atoms with Crippen LogP contribution in [0.2, 0.25) is 0 Å². The van der Waals surface area contributed by atoms with Gasteiger partial charge in [0.05, 0.1) is 0 Å². The van der Waals surface area contributed by atoms with Gasteiger partial charge in [-0.1, -0.05) is 0 Å². The molecule has 10 saturated heterocycles. The Kier molecular flexibility index (Phi) is 3.29. The fraction of sp³-hybridized carbons (Fsp3) is 1.00. The molecule has 10 aliphatic rings. The van der Waals surface area contributed by atoms with Gasteiger partial charge in [-0.15, -0.1) is 0 Å². The molecule has 0 aliphatic carbocycles. The Hall–Kier alpha value is 1.21. The number of rotatable bonds is 0. The molecule has 0 aromatic heterocycles. The van der Waals surface area contributed by atoms with E-state index in [1.54, 1.807) is 0 Å². The molecule has 6 atom stereocenters. The zero-order chi connectivity index (χ0) is 19.3. The average Bonchev–Trinajstić information content (AvgIpc) is 2.79. The molecule has 6 bridgehead atoms. The molecule has 10 aliphatic heterocycles. The topological polar surface area (TPSA) is 173 Å². The predicted octanol–water partition coefficient (Wildman–Crippen LogP) is -3.02. The van der Waals surface area contributed by atoms with Crippen molar-refractivity contribution in [2.45, 2.75) is 74.6 Å². The van der Waals surface area contributed by atoms with Crippen LogP contribution in [0, 0.1) is 0 Å². The molecule has 10 fully saturated rings. The number of aliphatic hydroxyl groups is 4. The third-order valence-corrected chi connectivity index (χ3v) is 28.9. The first kappa shape index (κ1) is 18.7. The number of hydrogen-bond donors (Lipinski definition) is 4. The average molecular weight is 804 g/mol. The summed E-state index contributed by atoms with van der Waals surface area (Å²) >= 11 is -11.6. The van der Waals surface area contributed by atoms with Gasteiger partial charge in [-0.3, -0.25) is 0 Å². The van der Waals surface area contributed by atoms with Crippen molar-refractivity contribution >= 4 is 42.0 Å². The minimum atomic E-state index is -5.80. The third kappa shape index (κ3) is 2.06. The van der Waals surface area contributed by atoms with E-state index in [0.717, 1.165) is 0 Å². The summed E-state index contributed by atoms with van der Waals surface area (Å²) in [5.41, 5.74) is -2.93. The van der Waals surface area contributed by atoms with Crippen molar-refractivity contribution in [2.24, 2.45) is 0 Å². The second-order valence-electron chi connectivity index (χ2n) is 7.94. The molecule has 4 N–H and O–H groups in total. The zero-order valence-electron chi connectivity index (χ0n) is 14.1. The van der Waals surface area contributed by atoms with Crippen molar-refractivity contribution in [1.82, 2.24) is 0 Å². The minimum absolute atomic E-state index is 0.114. The van der Waals surface area contributed by atoms with Gasteiger partial charge in [0, 0.05) is 0 Å². The molecular weight excluding hydrogens is 786 g/mol. The number of aliphatic hydroxyl groups excluding tert-OH is 4. The van der Waals surface area contributed by atoms with Gasteiger partial charge in [0.25, 0.3) is 0 Å². The quantitative estimate of drug-likeness (QED) is 0.183. The van der Waals surface area contributed by atoms with Crippen molar-refractivity contribution in [3.63, 3.8) is 0 Å². The van der Waals surface area contributed by atoms with Crippen LogP contribution in [0.5, 0.6) is 0 Å². The molecule has 0 saturated carbocycles. The molecular formula is C12H18Bi2O14. The molecule has 0 amide bonds. The van der Waals surface area contributed by atoms with Gasteiger partial charge >= 0.3 is 165 Å². The summed E-state index contributed by atoms with van der Waals surface area (Å²) < 4.78 is 57.4. The van der Waals surface area contributed by atoms with Crippen LogP contribution in [0.25, 0.3) is 0 Å². The Balaban J connectivity index is 1.34. The first-order chi connectivity index (χ1) is 13.1. The van der Waals surface area contributed by atoms with Crippen molar-refractivity contribution in [3.8, 4) is 0 Å². The van der Waals surface area contributed by atoms with Gasteiger partial charge in [-0.25, -0.2) is 0 Å². The summed E-state index contributed by atoms with van der Waals surface area (Å²) in [4.78, 5) is 0. The molecule has 10 rings (SSSR count). The van der Waals surface area contributed by atoms with E-state index in [-0.39, 0.29) is 25.7 Å². The Bertz CT molecular complexity index is 720. The van der Waals surface area contributed by atoms with Gasteiger partial charge in [-0.2, -0.15) is 0 Å².